The number of allylic oxidation sites excluding steroid dienone is 3. The summed E-state index contributed by atoms with van der Waals surface area (Å²) in [5, 5.41) is 0. The average Bonchev–Trinajstić information content (AvgIpc) is 2.42. The van der Waals surface area contributed by atoms with Crippen molar-refractivity contribution >= 4 is 17.3 Å². The van der Waals surface area contributed by atoms with Crippen LogP contribution in [0.5, 0.6) is 0 Å². The highest BCUT2D eigenvalue weighted by Crippen LogP contribution is 2.19. The molecule has 0 aliphatic carbocycles. The van der Waals surface area contributed by atoms with Crippen molar-refractivity contribution in [2.75, 3.05) is 5.73 Å². The summed E-state index contributed by atoms with van der Waals surface area (Å²) in [7, 11) is 0. The van der Waals surface area contributed by atoms with Gasteiger partial charge in [0, 0.05) is 5.69 Å². The highest BCUT2D eigenvalue weighted by atomic mass is 14.5. The first-order valence-corrected chi connectivity index (χ1v) is 6.05. The van der Waals surface area contributed by atoms with Crippen molar-refractivity contribution in [3.05, 3.63) is 77.9 Å². The van der Waals surface area contributed by atoms with Gasteiger partial charge in [0.05, 0.1) is 0 Å². The van der Waals surface area contributed by atoms with Gasteiger partial charge in [-0.05, 0) is 29.7 Å². The Morgan fingerprint density at radius 3 is 2.28 bits per heavy atom. The molecule has 0 saturated carbocycles. The fourth-order valence-corrected chi connectivity index (χ4v) is 1.83. The van der Waals surface area contributed by atoms with Gasteiger partial charge in [0.1, 0.15) is 0 Å². The van der Waals surface area contributed by atoms with E-state index in [1.165, 1.54) is 11.1 Å². The molecule has 90 valence electrons. The molecule has 2 aromatic carbocycles. The van der Waals surface area contributed by atoms with E-state index < -0.39 is 0 Å². The number of para-hydroxylation sites is 1. The van der Waals surface area contributed by atoms with Crippen molar-refractivity contribution in [3.63, 3.8) is 0 Å². The second kappa shape index (κ2) is 5.87. The van der Waals surface area contributed by atoms with E-state index in [-0.39, 0.29) is 0 Å². The molecule has 2 rings (SSSR count). The first kappa shape index (κ1) is 12.2. The molecule has 0 aliphatic heterocycles. The van der Waals surface area contributed by atoms with Gasteiger partial charge >= 0.3 is 0 Å². The maximum Gasteiger partial charge on any atom is 0.0387 e. The van der Waals surface area contributed by atoms with E-state index in [0.29, 0.717) is 0 Å². The smallest absolute Gasteiger partial charge is 0.0387 e. The largest absolute Gasteiger partial charge is 0.398 e. The van der Waals surface area contributed by atoms with E-state index in [0.717, 1.165) is 11.3 Å². The van der Waals surface area contributed by atoms with Crippen LogP contribution in [0.25, 0.3) is 11.6 Å². The van der Waals surface area contributed by atoms with Crippen LogP contribution < -0.4 is 5.73 Å². The Kier molecular flexibility index (Phi) is 3.98. The van der Waals surface area contributed by atoms with E-state index in [1.54, 1.807) is 0 Å². The molecule has 0 unspecified atom stereocenters. The standard InChI is InChI=1S/C17H17N/c1-2-14(15-8-4-3-5-9-15)12-13-16-10-6-7-11-17(16)18/h2-13H,18H2,1H3/b13-12+,14-2+. The molecule has 0 bridgehead atoms. The van der Waals surface area contributed by atoms with Crippen LogP contribution in [0, 0.1) is 0 Å². The molecule has 2 N–H and O–H groups in total. The molecular formula is C17H17N. The average molecular weight is 235 g/mol. The second-order valence-corrected chi connectivity index (χ2v) is 4.07. The molecule has 0 radical (unpaired) electrons. The summed E-state index contributed by atoms with van der Waals surface area (Å²) in [4.78, 5) is 0. The minimum atomic E-state index is 0.803. The third-order valence-corrected chi connectivity index (χ3v) is 2.86. The van der Waals surface area contributed by atoms with Gasteiger partial charge in [0.15, 0.2) is 0 Å². The summed E-state index contributed by atoms with van der Waals surface area (Å²) in [6.07, 6.45) is 6.25. The Morgan fingerprint density at radius 1 is 0.944 bits per heavy atom. The third-order valence-electron chi connectivity index (χ3n) is 2.86. The molecule has 0 aliphatic rings. The molecule has 0 amide bonds. The van der Waals surface area contributed by atoms with Crippen molar-refractivity contribution in [1.82, 2.24) is 0 Å². The Morgan fingerprint density at radius 2 is 1.61 bits per heavy atom. The number of nitrogens with two attached hydrogens (primary N) is 1. The van der Waals surface area contributed by atoms with Crippen molar-refractivity contribution in [3.8, 4) is 0 Å². The van der Waals surface area contributed by atoms with E-state index in [1.807, 2.05) is 49.4 Å². The predicted octanol–water partition coefficient (Wildman–Crippen LogP) is 4.39. The number of anilines is 1. The van der Waals surface area contributed by atoms with Crippen LogP contribution in [0.1, 0.15) is 18.1 Å². The molecule has 1 heteroatoms. The highest BCUT2D eigenvalue weighted by Gasteiger charge is 1.96. The van der Waals surface area contributed by atoms with Crippen LogP contribution >= 0.6 is 0 Å². The molecule has 1 nitrogen and oxygen atoms in total. The lowest BCUT2D eigenvalue weighted by molar-refractivity contribution is 1.59. The number of nitrogen functional groups attached to an aromatic ring is 1. The summed E-state index contributed by atoms with van der Waals surface area (Å²) < 4.78 is 0. The highest BCUT2D eigenvalue weighted by molar-refractivity contribution is 5.80. The number of hydrogen-bond donors (Lipinski definition) is 1. The normalized spacial score (nSPS) is 11.9. The number of hydrogen-bond acceptors (Lipinski definition) is 1. The summed E-state index contributed by atoms with van der Waals surface area (Å²) in [6.45, 7) is 2.04. The molecule has 0 spiro atoms. The Bertz CT molecular complexity index is 565. The lowest BCUT2D eigenvalue weighted by Gasteiger charge is -2.02. The second-order valence-electron chi connectivity index (χ2n) is 4.07. The number of rotatable bonds is 3. The molecule has 0 heterocycles. The summed E-state index contributed by atoms with van der Waals surface area (Å²) >= 11 is 0. The van der Waals surface area contributed by atoms with Crippen molar-refractivity contribution in [2.45, 2.75) is 6.92 Å². The SMILES string of the molecule is C/C=C(\C=C\c1ccccc1N)c1ccccc1. The molecule has 0 atom stereocenters. The minimum Gasteiger partial charge on any atom is -0.398 e. The van der Waals surface area contributed by atoms with E-state index >= 15 is 0 Å². The zero-order valence-electron chi connectivity index (χ0n) is 10.5. The topological polar surface area (TPSA) is 26.0 Å². The van der Waals surface area contributed by atoms with Crippen LogP contribution in [0.15, 0.2) is 66.7 Å². The van der Waals surface area contributed by atoms with Gasteiger partial charge in [0.25, 0.3) is 0 Å². The molecule has 2 aromatic rings. The van der Waals surface area contributed by atoms with Crippen molar-refractivity contribution in [1.29, 1.82) is 0 Å². The quantitative estimate of drug-likeness (QED) is 0.620. The fraction of sp³-hybridized carbons (Fsp3) is 0.0588. The Hall–Kier alpha value is -2.28. The lowest BCUT2D eigenvalue weighted by Crippen LogP contribution is -1.87. The van der Waals surface area contributed by atoms with Crippen molar-refractivity contribution in [2.24, 2.45) is 0 Å². The summed E-state index contributed by atoms with van der Waals surface area (Å²) in [5.74, 6) is 0. The first-order valence-electron chi connectivity index (χ1n) is 6.05. The molecular weight excluding hydrogens is 218 g/mol. The first-order chi connectivity index (χ1) is 8.81. The number of benzene rings is 2. The maximum atomic E-state index is 5.92. The Labute approximate surface area is 108 Å². The van der Waals surface area contributed by atoms with Crippen LogP contribution in [-0.4, -0.2) is 0 Å². The summed E-state index contributed by atoms with van der Waals surface area (Å²) in [5.41, 5.74) is 10.2. The van der Waals surface area contributed by atoms with Gasteiger partial charge < -0.3 is 5.73 Å². The van der Waals surface area contributed by atoms with Gasteiger partial charge in [-0.2, -0.15) is 0 Å². The van der Waals surface area contributed by atoms with Crippen LogP contribution in [0.2, 0.25) is 0 Å². The lowest BCUT2D eigenvalue weighted by atomic mass is 10.0. The third kappa shape index (κ3) is 2.89. The predicted molar refractivity (Wildman–Crippen MR) is 80.0 cm³/mol. The van der Waals surface area contributed by atoms with Crippen molar-refractivity contribution < 1.29 is 0 Å². The van der Waals surface area contributed by atoms with E-state index in [4.69, 9.17) is 5.73 Å². The maximum absolute atomic E-state index is 5.92. The minimum absolute atomic E-state index is 0.803. The van der Waals surface area contributed by atoms with Gasteiger partial charge in [-0.15, -0.1) is 0 Å². The van der Waals surface area contributed by atoms with Gasteiger partial charge in [0.2, 0.25) is 0 Å². The molecule has 0 saturated heterocycles. The zero-order chi connectivity index (χ0) is 12.8. The van der Waals surface area contributed by atoms with Crippen LogP contribution in [0.3, 0.4) is 0 Å². The molecule has 0 aromatic heterocycles. The zero-order valence-corrected chi connectivity index (χ0v) is 10.5. The molecule has 0 fully saturated rings. The molecule has 18 heavy (non-hydrogen) atoms. The Balaban J connectivity index is 2.25. The van der Waals surface area contributed by atoms with Gasteiger partial charge in [-0.3, -0.25) is 0 Å². The summed E-state index contributed by atoms with van der Waals surface area (Å²) in [6, 6.07) is 18.2. The van der Waals surface area contributed by atoms with Crippen LogP contribution in [0.4, 0.5) is 5.69 Å². The van der Waals surface area contributed by atoms with Gasteiger partial charge in [-0.25, -0.2) is 0 Å². The monoisotopic (exact) mass is 235 g/mol. The van der Waals surface area contributed by atoms with Gasteiger partial charge in [-0.1, -0.05) is 66.8 Å². The van der Waals surface area contributed by atoms with E-state index in [9.17, 15) is 0 Å². The fourth-order valence-electron chi connectivity index (χ4n) is 1.83. The van der Waals surface area contributed by atoms with Crippen LogP contribution in [-0.2, 0) is 0 Å². The van der Waals surface area contributed by atoms with E-state index in [2.05, 4.69) is 30.4 Å².